The lowest BCUT2D eigenvalue weighted by Gasteiger charge is -2.07. The van der Waals surface area contributed by atoms with Gasteiger partial charge in [0.05, 0.1) is 12.2 Å². The van der Waals surface area contributed by atoms with E-state index in [0.717, 1.165) is 0 Å². The minimum Gasteiger partial charge on any atom is -0.448 e. The molecule has 90 valence electrons. The van der Waals surface area contributed by atoms with E-state index < -0.39 is 12.1 Å². The second-order valence-corrected chi connectivity index (χ2v) is 3.06. The van der Waals surface area contributed by atoms with Crippen molar-refractivity contribution in [2.75, 3.05) is 6.61 Å². The standard InChI is InChI=1S/C12H13NO4/c1-3-16-12(15)13-17-11(14)9(2)10-7-5-4-6-8-10/h4-8H,2-3H2,1H3,(H,13,15). The molecule has 1 N–H and O–H groups in total. The van der Waals surface area contributed by atoms with Gasteiger partial charge in [-0.15, -0.1) is 5.48 Å². The molecule has 5 heteroatoms. The topological polar surface area (TPSA) is 64.6 Å². The predicted molar refractivity (Wildman–Crippen MR) is 61.7 cm³/mol. The molecule has 0 aliphatic rings. The number of rotatable bonds is 3. The van der Waals surface area contributed by atoms with Gasteiger partial charge in [0, 0.05) is 0 Å². The lowest BCUT2D eigenvalue weighted by Crippen LogP contribution is -2.28. The maximum Gasteiger partial charge on any atom is 0.440 e. The summed E-state index contributed by atoms with van der Waals surface area (Å²) in [4.78, 5) is 26.8. The van der Waals surface area contributed by atoms with Crippen molar-refractivity contribution in [3.63, 3.8) is 0 Å². The van der Waals surface area contributed by atoms with Crippen LogP contribution in [-0.4, -0.2) is 18.7 Å². The van der Waals surface area contributed by atoms with Crippen LogP contribution in [0.4, 0.5) is 4.79 Å². The van der Waals surface area contributed by atoms with E-state index in [-0.39, 0.29) is 12.2 Å². The third kappa shape index (κ3) is 3.98. The number of hydrogen-bond donors (Lipinski definition) is 1. The third-order valence-corrected chi connectivity index (χ3v) is 1.87. The molecule has 0 spiro atoms. The first-order valence-electron chi connectivity index (χ1n) is 5.03. The molecule has 0 radical (unpaired) electrons. The summed E-state index contributed by atoms with van der Waals surface area (Å²) in [5.41, 5.74) is 2.65. The molecule has 0 bridgehead atoms. The van der Waals surface area contributed by atoms with E-state index >= 15 is 0 Å². The van der Waals surface area contributed by atoms with E-state index in [0.29, 0.717) is 5.56 Å². The van der Waals surface area contributed by atoms with E-state index in [9.17, 15) is 9.59 Å². The van der Waals surface area contributed by atoms with E-state index in [4.69, 9.17) is 0 Å². The number of amides is 1. The van der Waals surface area contributed by atoms with E-state index in [1.54, 1.807) is 31.2 Å². The summed E-state index contributed by atoms with van der Waals surface area (Å²) >= 11 is 0. The number of benzene rings is 1. The first kappa shape index (κ1) is 12.8. The lowest BCUT2D eigenvalue weighted by molar-refractivity contribution is -0.142. The number of hydrogen-bond acceptors (Lipinski definition) is 4. The van der Waals surface area contributed by atoms with Crippen molar-refractivity contribution in [2.24, 2.45) is 0 Å². The molecule has 17 heavy (non-hydrogen) atoms. The average Bonchev–Trinajstić information content (AvgIpc) is 2.36. The van der Waals surface area contributed by atoms with Crippen LogP contribution in [-0.2, 0) is 14.4 Å². The summed E-state index contributed by atoms with van der Waals surface area (Å²) < 4.78 is 4.52. The van der Waals surface area contributed by atoms with Crippen LogP contribution in [0.3, 0.4) is 0 Å². The van der Waals surface area contributed by atoms with Gasteiger partial charge in [-0.3, -0.25) is 0 Å². The molecule has 0 unspecified atom stereocenters. The zero-order valence-electron chi connectivity index (χ0n) is 9.43. The minimum absolute atomic E-state index is 0.155. The van der Waals surface area contributed by atoms with Gasteiger partial charge in [-0.2, -0.15) is 0 Å². The molecule has 1 rings (SSSR count). The highest BCUT2D eigenvalue weighted by Crippen LogP contribution is 2.12. The SMILES string of the molecule is C=C(C(=O)ONC(=O)OCC)c1ccccc1. The number of carbonyl (C=O) groups is 2. The molecule has 1 aromatic rings. The quantitative estimate of drug-likeness (QED) is 0.642. The van der Waals surface area contributed by atoms with Crippen molar-refractivity contribution in [2.45, 2.75) is 6.92 Å². The van der Waals surface area contributed by atoms with Gasteiger partial charge < -0.3 is 9.57 Å². The van der Waals surface area contributed by atoms with Crippen LogP contribution in [0.1, 0.15) is 12.5 Å². The van der Waals surface area contributed by atoms with E-state index in [1.807, 2.05) is 11.5 Å². The molecule has 0 aromatic heterocycles. The Balaban J connectivity index is 2.49. The summed E-state index contributed by atoms with van der Waals surface area (Å²) in [6, 6.07) is 8.79. The molecule has 5 nitrogen and oxygen atoms in total. The molecule has 0 heterocycles. The largest absolute Gasteiger partial charge is 0.448 e. The zero-order valence-corrected chi connectivity index (χ0v) is 9.43. The Morgan fingerprint density at radius 1 is 1.29 bits per heavy atom. The van der Waals surface area contributed by atoms with Crippen molar-refractivity contribution in [3.8, 4) is 0 Å². The fourth-order valence-electron chi connectivity index (χ4n) is 1.07. The summed E-state index contributed by atoms with van der Waals surface area (Å²) in [6.07, 6.45) is -0.818. The van der Waals surface area contributed by atoms with Crippen molar-refractivity contribution in [1.82, 2.24) is 5.48 Å². The molecule has 1 aromatic carbocycles. The highest BCUT2D eigenvalue weighted by Gasteiger charge is 2.12. The maximum atomic E-state index is 11.5. The van der Waals surface area contributed by atoms with Crippen LogP contribution in [0.25, 0.3) is 5.57 Å². The van der Waals surface area contributed by atoms with Crippen molar-refractivity contribution >= 4 is 17.6 Å². The van der Waals surface area contributed by atoms with Gasteiger partial charge in [-0.1, -0.05) is 36.9 Å². The number of hydroxylamine groups is 1. The second-order valence-electron chi connectivity index (χ2n) is 3.06. The Bertz CT molecular complexity index is 414. The van der Waals surface area contributed by atoms with Crippen molar-refractivity contribution in [1.29, 1.82) is 0 Å². The predicted octanol–water partition coefficient (Wildman–Crippen LogP) is 1.90. The minimum atomic E-state index is -0.818. The molecule has 1 amide bonds. The summed E-state index contributed by atoms with van der Waals surface area (Å²) in [5.74, 6) is -0.732. The van der Waals surface area contributed by atoms with E-state index in [1.165, 1.54) is 0 Å². The fraction of sp³-hybridized carbons (Fsp3) is 0.167. The van der Waals surface area contributed by atoms with Gasteiger partial charge >= 0.3 is 12.1 Å². The highest BCUT2D eigenvalue weighted by atomic mass is 16.7. The molecule has 0 saturated carbocycles. The Kier molecular flexibility index (Phi) is 4.75. The summed E-state index contributed by atoms with van der Waals surface area (Å²) in [5, 5.41) is 0. The maximum absolute atomic E-state index is 11.5. The molecule has 0 fully saturated rings. The highest BCUT2D eigenvalue weighted by molar-refractivity contribution is 6.15. The first-order valence-corrected chi connectivity index (χ1v) is 5.03. The Morgan fingerprint density at radius 2 is 1.94 bits per heavy atom. The van der Waals surface area contributed by atoms with Gasteiger partial charge in [0.25, 0.3) is 0 Å². The number of nitrogens with one attached hydrogen (secondary N) is 1. The van der Waals surface area contributed by atoms with Gasteiger partial charge in [0.15, 0.2) is 0 Å². The zero-order chi connectivity index (χ0) is 12.7. The molecular formula is C12H13NO4. The van der Waals surface area contributed by atoms with Crippen molar-refractivity contribution in [3.05, 3.63) is 42.5 Å². The van der Waals surface area contributed by atoms with Gasteiger partial charge in [-0.05, 0) is 12.5 Å². The van der Waals surface area contributed by atoms with E-state index in [2.05, 4.69) is 16.2 Å². The molecule has 0 aliphatic heterocycles. The summed E-state index contributed by atoms with van der Waals surface area (Å²) in [6.45, 7) is 5.42. The second kappa shape index (κ2) is 6.32. The molecule has 0 atom stereocenters. The fourth-order valence-corrected chi connectivity index (χ4v) is 1.07. The first-order chi connectivity index (χ1) is 8.15. The smallest absolute Gasteiger partial charge is 0.440 e. The van der Waals surface area contributed by atoms with Gasteiger partial charge in [0.1, 0.15) is 0 Å². The van der Waals surface area contributed by atoms with Crippen LogP contribution in [0, 0.1) is 0 Å². The van der Waals surface area contributed by atoms with Crippen LogP contribution in [0.5, 0.6) is 0 Å². The van der Waals surface area contributed by atoms with Crippen LogP contribution < -0.4 is 5.48 Å². The summed E-state index contributed by atoms with van der Waals surface area (Å²) in [7, 11) is 0. The van der Waals surface area contributed by atoms with Crippen LogP contribution in [0.2, 0.25) is 0 Å². The Labute approximate surface area is 99.0 Å². The average molecular weight is 235 g/mol. The Morgan fingerprint density at radius 3 is 2.53 bits per heavy atom. The number of carbonyl (C=O) groups excluding carboxylic acids is 2. The van der Waals surface area contributed by atoms with Crippen LogP contribution >= 0.6 is 0 Å². The third-order valence-electron chi connectivity index (χ3n) is 1.87. The lowest BCUT2D eigenvalue weighted by atomic mass is 10.1. The molecule has 0 aliphatic carbocycles. The van der Waals surface area contributed by atoms with Crippen LogP contribution in [0.15, 0.2) is 36.9 Å². The number of ether oxygens (including phenoxy) is 1. The normalized spacial score (nSPS) is 9.24. The molecular weight excluding hydrogens is 222 g/mol. The molecule has 0 saturated heterocycles. The monoisotopic (exact) mass is 235 g/mol. The van der Waals surface area contributed by atoms with Gasteiger partial charge in [-0.25, -0.2) is 9.59 Å². The van der Waals surface area contributed by atoms with Gasteiger partial charge in [0.2, 0.25) is 0 Å². The Hall–Kier alpha value is -2.30. The van der Waals surface area contributed by atoms with Crippen molar-refractivity contribution < 1.29 is 19.2 Å².